The summed E-state index contributed by atoms with van der Waals surface area (Å²) in [6, 6.07) is 10.4. The lowest BCUT2D eigenvalue weighted by atomic mass is 9.89. The van der Waals surface area contributed by atoms with Crippen LogP contribution in [0, 0.1) is 13.8 Å². The van der Waals surface area contributed by atoms with Crippen LogP contribution in [0.3, 0.4) is 0 Å². The van der Waals surface area contributed by atoms with Gasteiger partial charge in [-0.15, -0.1) is 0 Å². The molecule has 1 nitrogen and oxygen atoms in total. The summed E-state index contributed by atoms with van der Waals surface area (Å²) in [4.78, 5) is 2.03. The van der Waals surface area contributed by atoms with Crippen molar-refractivity contribution >= 4 is 11.8 Å². The molecule has 5 heteroatoms. The maximum atomic E-state index is 13.2. The van der Waals surface area contributed by atoms with Crippen LogP contribution in [0.5, 0.6) is 0 Å². The third-order valence-electron chi connectivity index (χ3n) is 4.67. The molecule has 0 atom stereocenters. The number of piperidine rings is 1. The molecule has 0 bridgehead atoms. The van der Waals surface area contributed by atoms with E-state index < -0.39 is 11.7 Å². The van der Waals surface area contributed by atoms with Crippen LogP contribution in [0.15, 0.2) is 46.2 Å². The molecule has 0 spiro atoms. The first-order valence-electron chi connectivity index (χ1n) is 8.51. The van der Waals surface area contributed by atoms with E-state index in [2.05, 4.69) is 17.4 Å². The number of rotatable bonds is 3. The second-order valence-electron chi connectivity index (χ2n) is 6.65. The van der Waals surface area contributed by atoms with E-state index in [1.165, 1.54) is 17.7 Å². The number of alkyl halides is 3. The summed E-state index contributed by atoms with van der Waals surface area (Å²) >= 11 is 1.57. The highest BCUT2D eigenvalue weighted by molar-refractivity contribution is 7.99. The Kier molecular flexibility index (Phi) is 5.44. The van der Waals surface area contributed by atoms with Crippen LogP contribution >= 0.6 is 11.8 Å². The largest absolute Gasteiger partial charge is 0.416 e. The molecule has 0 radical (unpaired) electrons. The Hall–Kier alpha value is -1.46. The Labute approximate surface area is 151 Å². The van der Waals surface area contributed by atoms with Crippen molar-refractivity contribution in [3.63, 3.8) is 0 Å². The third kappa shape index (κ3) is 4.39. The van der Waals surface area contributed by atoms with Gasteiger partial charge in [-0.05, 0) is 81.1 Å². The molecule has 1 fully saturated rings. The first kappa shape index (κ1) is 18.3. The monoisotopic (exact) mass is 365 g/mol. The zero-order valence-electron chi connectivity index (χ0n) is 14.4. The van der Waals surface area contributed by atoms with E-state index in [-0.39, 0.29) is 5.92 Å². The van der Waals surface area contributed by atoms with E-state index in [1.807, 2.05) is 19.9 Å². The summed E-state index contributed by atoms with van der Waals surface area (Å²) < 4.78 is 39.5. The number of hydrogen-bond acceptors (Lipinski definition) is 2. The minimum Gasteiger partial charge on any atom is -0.317 e. The molecule has 1 saturated heterocycles. The molecule has 0 saturated carbocycles. The SMILES string of the molecule is Cc1ccc(Sc2ccc(C(F)(F)F)cc2C2CCNCC2)c(C)c1. The summed E-state index contributed by atoms with van der Waals surface area (Å²) in [5.41, 5.74) is 2.63. The van der Waals surface area contributed by atoms with Crippen molar-refractivity contribution in [2.75, 3.05) is 13.1 Å². The van der Waals surface area contributed by atoms with Gasteiger partial charge in [0.15, 0.2) is 0 Å². The lowest BCUT2D eigenvalue weighted by molar-refractivity contribution is -0.137. The predicted molar refractivity (Wildman–Crippen MR) is 96.3 cm³/mol. The van der Waals surface area contributed by atoms with Gasteiger partial charge in [0.2, 0.25) is 0 Å². The van der Waals surface area contributed by atoms with Crippen molar-refractivity contribution in [2.45, 2.75) is 48.6 Å². The van der Waals surface area contributed by atoms with Crippen molar-refractivity contribution in [3.8, 4) is 0 Å². The first-order chi connectivity index (χ1) is 11.8. The van der Waals surface area contributed by atoms with Gasteiger partial charge in [-0.1, -0.05) is 29.5 Å². The summed E-state index contributed by atoms with van der Waals surface area (Å²) in [6.45, 7) is 5.80. The summed E-state index contributed by atoms with van der Waals surface area (Å²) in [7, 11) is 0. The summed E-state index contributed by atoms with van der Waals surface area (Å²) in [5.74, 6) is 0.178. The minimum atomic E-state index is -4.30. The van der Waals surface area contributed by atoms with Crippen LogP contribution in [-0.2, 0) is 6.18 Å². The topological polar surface area (TPSA) is 12.0 Å². The fourth-order valence-corrected chi connectivity index (χ4v) is 4.37. The maximum Gasteiger partial charge on any atom is 0.416 e. The Morgan fingerprint density at radius 3 is 2.28 bits per heavy atom. The van der Waals surface area contributed by atoms with Gasteiger partial charge >= 0.3 is 6.18 Å². The van der Waals surface area contributed by atoms with Crippen molar-refractivity contribution in [1.82, 2.24) is 5.32 Å². The van der Waals surface area contributed by atoms with Gasteiger partial charge in [0.1, 0.15) is 0 Å². The van der Waals surface area contributed by atoms with Crippen molar-refractivity contribution in [3.05, 3.63) is 58.7 Å². The van der Waals surface area contributed by atoms with E-state index in [0.717, 1.165) is 46.8 Å². The minimum absolute atomic E-state index is 0.178. The number of nitrogens with one attached hydrogen (secondary N) is 1. The van der Waals surface area contributed by atoms with E-state index in [0.29, 0.717) is 0 Å². The van der Waals surface area contributed by atoms with E-state index in [4.69, 9.17) is 0 Å². The predicted octanol–water partition coefficient (Wildman–Crippen LogP) is 5.94. The molecule has 2 aromatic rings. The quantitative estimate of drug-likeness (QED) is 0.722. The lowest BCUT2D eigenvalue weighted by Crippen LogP contribution is -2.27. The number of aryl methyl sites for hydroxylation is 2. The van der Waals surface area contributed by atoms with Crippen LogP contribution in [0.4, 0.5) is 13.2 Å². The zero-order chi connectivity index (χ0) is 18.0. The molecule has 0 amide bonds. The van der Waals surface area contributed by atoms with Crippen LogP contribution in [0.2, 0.25) is 0 Å². The smallest absolute Gasteiger partial charge is 0.317 e. The third-order valence-corrected chi connectivity index (χ3v) is 5.94. The molecular weight excluding hydrogens is 343 g/mol. The fourth-order valence-electron chi connectivity index (χ4n) is 3.30. The second-order valence-corrected chi connectivity index (χ2v) is 7.73. The standard InChI is InChI=1S/C20H22F3NS/c1-13-3-5-18(14(2)11-13)25-19-6-4-16(20(21,22)23)12-17(19)15-7-9-24-10-8-15/h3-6,11-12,15,24H,7-10H2,1-2H3. The molecule has 0 unspecified atom stereocenters. The molecular formula is C20H22F3NS. The molecule has 1 heterocycles. The van der Waals surface area contributed by atoms with Crippen LogP contribution in [-0.4, -0.2) is 13.1 Å². The zero-order valence-corrected chi connectivity index (χ0v) is 15.2. The summed E-state index contributed by atoms with van der Waals surface area (Å²) in [5, 5.41) is 3.28. The van der Waals surface area contributed by atoms with Gasteiger partial charge in [-0.25, -0.2) is 0 Å². The van der Waals surface area contributed by atoms with Gasteiger partial charge in [0.05, 0.1) is 5.56 Å². The van der Waals surface area contributed by atoms with E-state index >= 15 is 0 Å². The first-order valence-corrected chi connectivity index (χ1v) is 9.33. The maximum absolute atomic E-state index is 13.2. The average molecular weight is 365 g/mol. The van der Waals surface area contributed by atoms with Crippen molar-refractivity contribution in [2.24, 2.45) is 0 Å². The normalized spacial score (nSPS) is 16.2. The number of halogens is 3. The lowest BCUT2D eigenvalue weighted by Gasteiger charge is -2.26. The highest BCUT2D eigenvalue weighted by atomic mass is 32.2. The van der Waals surface area contributed by atoms with E-state index in [1.54, 1.807) is 17.8 Å². The van der Waals surface area contributed by atoms with Gasteiger partial charge in [0, 0.05) is 9.79 Å². The van der Waals surface area contributed by atoms with Gasteiger partial charge in [-0.3, -0.25) is 0 Å². The molecule has 2 aromatic carbocycles. The highest BCUT2D eigenvalue weighted by Gasteiger charge is 2.32. The molecule has 0 aliphatic carbocycles. The Balaban J connectivity index is 1.99. The Morgan fingerprint density at radius 1 is 0.960 bits per heavy atom. The van der Waals surface area contributed by atoms with Crippen molar-refractivity contribution in [1.29, 1.82) is 0 Å². The molecule has 1 N–H and O–H groups in total. The van der Waals surface area contributed by atoms with Crippen LogP contribution in [0.25, 0.3) is 0 Å². The van der Waals surface area contributed by atoms with Crippen LogP contribution in [0.1, 0.15) is 41.0 Å². The summed E-state index contributed by atoms with van der Waals surface area (Å²) in [6.07, 6.45) is -2.55. The average Bonchev–Trinajstić information content (AvgIpc) is 2.57. The molecule has 134 valence electrons. The Morgan fingerprint density at radius 2 is 1.64 bits per heavy atom. The van der Waals surface area contributed by atoms with Gasteiger partial charge in [0.25, 0.3) is 0 Å². The Bertz CT molecular complexity index is 749. The second kappa shape index (κ2) is 7.42. The highest BCUT2D eigenvalue weighted by Crippen LogP contribution is 2.41. The fraction of sp³-hybridized carbons (Fsp3) is 0.400. The van der Waals surface area contributed by atoms with Crippen molar-refractivity contribution < 1.29 is 13.2 Å². The molecule has 1 aliphatic rings. The van der Waals surface area contributed by atoms with Gasteiger partial charge in [-0.2, -0.15) is 13.2 Å². The number of hydrogen-bond donors (Lipinski definition) is 1. The van der Waals surface area contributed by atoms with Gasteiger partial charge < -0.3 is 5.32 Å². The molecule has 0 aromatic heterocycles. The van der Waals surface area contributed by atoms with Crippen LogP contribution < -0.4 is 5.32 Å². The molecule has 25 heavy (non-hydrogen) atoms. The van der Waals surface area contributed by atoms with E-state index in [9.17, 15) is 13.2 Å². The molecule has 1 aliphatic heterocycles. The number of benzene rings is 2. The molecule has 3 rings (SSSR count).